The maximum atomic E-state index is 11.5. The fourth-order valence-electron chi connectivity index (χ4n) is 1.71. The maximum absolute atomic E-state index is 11.5. The second-order valence-electron chi connectivity index (χ2n) is 5.56. The molecule has 2 heterocycles. The van der Waals surface area contributed by atoms with Gasteiger partial charge in [-0.2, -0.15) is 0 Å². The first-order valence-corrected chi connectivity index (χ1v) is 7.53. The van der Waals surface area contributed by atoms with Crippen molar-refractivity contribution in [3.05, 3.63) is 10.8 Å². The van der Waals surface area contributed by atoms with Crippen molar-refractivity contribution in [2.75, 3.05) is 19.8 Å². The molecule has 5 nitrogen and oxygen atoms in total. The standard InChI is InChI=1S/C14H20O5S/c1-14(2,3)19-13(15)4-5-16-6-10-7-17-11-8-20-9-12(11)18-10/h8-10H,4-7H2,1-3H3. The molecule has 0 fully saturated rings. The average molecular weight is 300 g/mol. The Labute approximate surface area is 122 Å². The average Bonchev–Trinajstić information content (AvgIpc) is 2.79. The summed E-state index contributed by atoms with van der Waals surface area (Å²) >= 11 is 1.54. The molecular formula is C14H20O5S. The van der Waals surface area contributed by atoms with Gasteiger partial charge in [0.1, 0.15) is 12.2 Å². The van der Waals surface area contributed by atoms with E-state index in [1.807, 2.05) is 31.5 Å². The zero-order chi connectivity index (χ0) is 14.6. The van der Waals surface area contributed by atoms with E-state index >= 15 is 0 Å². The number of carbonyl (C=O) groups is 1. The molecule has 0 aromatic carbocycles. The van der Waals surface area contributed by atoms with Gasteiger partial charge in [-0.3, -0.25) is 4.79 Å². The van der Waals surface area contributed by atoms with E-state index in [0.29, 0.717) is 19.8 Å². The highest BCUT2D eigenvalue weighted by Gasteiger charge is 2.22. The summed E-state index contributed by atoms with van der Waals surface area (Å²) < 4.78 is 21.9. The number of hydrogen-bond acceptors (Lipinski definition) is 6. The van der Waals surface area contributed by atoms with Crippen LogP contribution in [-0.4, -0.2) is 37.5 Å². The van der Waals surface area contributed by atoms with Gasteiger partial charge in [-0.1, -0.05) is 0 Å². The molecule has 1 aliphatic rings. The van der Waals surface area contributed by atoms with Gasteiger partial charge in [0.2, 0.25) is 0 Å². The number of fused-ring (bicyclic) bond motifs is 1. The topological polar surface area (TPSA) is 54.0 Å². The fourth-order valence-corrected chi connectivity index (χ4v) is 2.38. The number of ether oxygens (including phenoxy) is 4. The SMILES string of the molecule is CC(C)(C)OC(=O)CCOCC1COc2cscc2O1. The summed E-state index contributed by atoms with van der Waals surface area (Å²) in [4.78, 5) is 11.5. The minimum atomic E-state index is -0.452. The third-order valence-electron chi connectivity index (χ3n) is 2.49. The van der Waals surface area contributed by atoms with E-state index in [-0.39, 0.29) is 18.5 Å². The Morgan fingerprint density at radius 3 is 2.90 bits per heavy atom. The van der Waals surface area contributed by atoms with E-state index < -0.39 is 5.60 Å². The molecule has 1 atom stereocenters. The lowest BCUT2D eigenvalue weighted by atomic mass is 10.2. The molecule has 0 bridgehead atoms. The van der Waals surface area contributed by atoms with Gasteiger partial charge >= 0.3 is 5.97 Å². The molecule has 0 saturated carbocycles. The molecule has 0 amide bonds. The van der Waals surface area contributed by atoms with Crippen LogP contribution in [0.2, 0.25) is 0 Å². The highest BCUT2D eigenvalue weighted by atomic mass is 32.1. The minimum absolute atomic E-state index is 0.129. The Morgan fingerprint density at radius 1 is 1.40 bits per heavy atom. The third-order valence-corrected chi connectivity index (χ3v) is 3.19. The first-order chi connectivity index (χ1) is 9.44. The van der Waals surface area contributed by atoms with Crippen molar-refractivity contribution in [3.8, 4) is 11.5 Å². The lowest BCUT2D eigenvalue weighted by molar-refractivity contribution is -0.156. The van der Waals surface area contributed by atoms with Crippen LogP contribution < -0.4 is 9.47 Å². The predicted octanol–water partition coefficient (Wildman–Crippen LogP) is 2.64. The normalized spacial score (nSPS) is 17.9. The molecule has 6 heteroatoms. The summed E-state index contributed by atoms with van der Waals surface area (Å²) in [7, 11) is 0. The molecule has 1 unspecified atom stereocenters. The maximum Gasteiger partial charge on any atom is 0.308 e. The molecule has 0 aliphatic carbocycles. The van der Waals surface area contributed by atoms with E-state index in [0.717, 1.165) is 11.5 Å². The fraction of sp³-hybridized carbons (Fsp3) is 0.643. The van der Waals surface area contributed by atoms with Gasteiger partial charge in [-0.25, -0.2) is 0 Å². The van der Waals surface area contributed by atoms with Crippen molar-refractivity contribution in [3.63, 3.8) is 0 Å². The van der Waals surface area contributed by atoms with E-state index in [4.69, 9.17) is 18.9 Å². The van der Waals surface area contributed by atoms with Crippen molar-refractivity contribution in [2.45, 2.75) is 38.9 Å². The van der Waals surface area contributed by atoms with Crippen molar-refractivity contribution in [1.82, 2.24) is 0 Å². The van der Waals surface area contributed by atoms with E-state index in [9.17, 15) is 4.79 Å². The van der Waals surface area contributed by atoms with Crippen LogP contribution in [-0.2, 0) is 14.3 Å². The monoisotopic (exact) mass is 300 g/mol. The second kappa shape index (κ2) is 6.45. The molecule has 0 spiro atoms. The van der Waals surface area contributed by atoms with Gasteiger partial charge < -0.3 is 18.9 Å². The minimum Gasteiger partial charge on any atom is -0.485 e. The summed E-state index contributed by atoms with van der Waals surface area (Å²) in [6, 6.07) is 0. The highest BCUT2D eigenvalue weighted by Crippen LogP contribution is 2.35. The van der Waals surface area contributed by atoms with Crippen LogP contribution >= 0.6 is 11.3 Å². The largest absolute Gasteiger partial charge is 0.485 e. The van der Waals surface area contributed by atoms with Crippen molar-refractivity contribution >= 4 is 17.3 Å². The number of carbonyl (C=O) groups excluding carboxylic acids is 1. The van der Waals surface area contributed by atoms with Crippen LogP contribution in [0.3, 0.4) is 0 Å². The Kier molecular flexibility index (Phi) is 4.88. The summed E-state index contributed by atoms with van der Waals surface area (Å²) in [5, 5.41) is 3.82. The van der Waals surface area contributed by atoms with Gasteiger partial charge in [0, 0.05) is 10.8 Å². The zero-order valence-electron chi connectivity index (χ0n) is 12.0. The smallest absolute Gasteiger partial charge is 0.308 e. The van der Waals surface area contributed by atoms with Crippen LogP contribution in [0.15, 0.2) is 10.8 Å². The Balaban J connectivity index is 1.62. The number of esters is 1. The van der Waals surface area contributed by atoms with Gasteiger partial charge in [-0.05, 0) is 20.8 Å². The number of thiophene rings is 1. The predicted molar refractivity (Wildman–Crippen MR) is 75.5 cm³/mol. The van der Waals surface area contributed by atoms with Crippen LogP contribution in [0.1, 0.15) is 27.2 Å². The molecule has 0 saturated heterocycles. The lowest BCUT2D eigenvalue weighted by Gasteiger charge is -2.24. The molecule has 0 N–H and O–H groups in total. The molecule has 20 heavy (non-hydrogen) atoms. The lowest BCUT2D eigenvalue weighted by Crippen LogP contribution is -2.33. The van der Waals surface area contributed by atoms with E-state index in [1.54, 1.807) is 11.3 Å². The zero-order valence-corrected chi connectivity index (χ0v) is 12.8. The van der Waals surface area contributed by atoms with Gasteiger partial charge in [0.25, 0.3) is 0 Å². The third kappa shape index (κ3) is 4.68. The quantitative estimate of drug-likeness (QED) is 0.618. The van der Waals surface area contributed by atoms with Gasteiger partial charge in [0.05, 0.1) is 19.6 Å². The van der Waals surface area contributed by atoms with Crippen LogP contribution in [0.25, 0.3) is 0 Å². The highest BCUT2D eigenvalue weighted by molar-refractivity contribution is 7.08. The summed E-state index contributed by atoms with van der Waals surface area (Å²) in [5.74, 6) is 1.31. The van der Waals surface area contributed by atoms with E-state index in [2.05, 4.69) is 0 Å². The summed E-state index contributed by atoms with van der Waals surface area (Å²) in [5.41, 5.74) is -0.452. The molecule has 112 valence electrons. The van der Waals surface area contributed by atoms with E-state index in [1.165, 1.54) is 0 Å². The molecule has 1 aliphatic heterocycles. The number of rotatable bonds is 5. The van der Waals surface area contributed by atoms with Crippen LogP contribution in [0, 0.1) is 0 Å². The summed E-state index contributed by atoms with van der Waals surface area (Å²) in [6.45, 7) is 6.73. The molecule has 1 aromatic heterocycles. The molecule has 1 aromatic rings. The molecular weight excluding hydrogens is 280 g/mol. The Hall–Kier alpha value is -1.27. The van der Waals surface area contributed by atoms with Crippen LogP contribution in [0.4, 0.5) is 0 Å². The number of hydrogen-bond donors (Lipinski definition) is 0. The summed E-state index contributed by atoms with van der Waals surface area (Å²) in [6.07, 6.45) is 0.116. The first kappa shape index (κ1) is 15.1. The second-order valence-corrected chi connectivity index (χ2v) is 6.31. The Bertz CT molecular complexity index is 449. The van der Waals surface area contributed by atoms with Gasteiger partial charge in [0.15, 0.2) is 17.6 Å². The molecule has 0 radical (unpaired) electrons. The van der Waals surface area contributed by atoms with Gasteiger partial charge in [-0.15, -0.1) is 11.3 Å². The van der Waals surface area contributed by atoms with Crippen LogP contribution in [0.5, 0.6) is 11.5 Å². The first-order valence-electron chi connectivity index (χ1n) is 6.59. The van der Waals surface area contributed by atoms with Crippen molar-refractivity contribution < 1.29 is 23.7 Å². The Morgan fingerprint density at radius 2 is 2.15 bits per heavy atom. The molecule has 2 rings (SSSR count). The van der Waals surface area contributed by atoms with Crippen molar-refractivity contribution in [1.29, 1.82) is 0 Å². The van der Waals surface area contributed by atoms with Crippen molar-refractivity contribution in [2.24, 2.45) is 0 Å².